The minimum atomic E-state index is -0.511. The van der Waals surface area contributed by atoms with Crippen LogP contribution in [0.25, 0.3) is 0 Å². The average molecular weight is 404 g/mol. The number of methoxy groups -OCH3 is 2. The summed E-state index contributed by atoms with van der Waals surface area (Å²) in [6.45, 7) is 2.09. The second-order valence-electron chi connectivity index (χ2n) is 7.06. The largest absolute Gasteiger partial charge is 0.502 e. The Hall–Kier alpha value is -3.67. The van der Waals surface area contributed by atoms with Gasteiger partial charge in [0.05, 0.1) is 19.8 Å². The van der Waals surface area contributed by atoms with Gasteiger partial charge in [-0.2, -0.15) is 0 Å². The number of anilines is 2. The maximum absolute atomic E-state index is 13.5. The fourth-order valence-electron chi connectivity index (χ4n) is 3.72. The van der Waals surface area contributed by atoms with E-state index in [1.807, 2.05) is 48.5 Å². The van der Waals surface area contributed by atoms with Crippen molar-refractivity contribution < 1.29 is 19.4 Å². The number of para-hydroxylation sites is 1. The predicted octanol–water partition coefficient (Wildman–Crippen LogP) is 4.74. The molecule has 30 heavy (non-hydrogen) atoms. The summed E-state index contributed by atoms with van der Waals surface area (Å²) in [5.41, 5.74) is 4.05. The summed E-state index contributed by atoms with van der Waals surface area (Å²) in [7, 11) is 2.96. The van der Waals surface area contributed by atoms with E-state index in [2.05, 4.69) is 12.2 Å². The standard InChI is InChI=1S/C24H24N2O4/c1-4-15-9-11-17(12-10-15)26-23(25-19-8-6-5-7-18(19)24(26)28)16-13-20(29-2)22(27)21(14-16)30-3/h5-14,23,25,27H,4H2,1-3H3/t23-/m0/s1. The highest BCUT2D eigenvalue weighted by molar-refractivity contribution is 6.12. The maximum Gasteiger partial charge on any atom is 0.262 e. The Morgan fingerprint density at radius 3 is 2.23 bits per heavy atom. The molecule has 0 aromatic heterocycles. The topological polar surface area (TPSA) is 71.0 Å². The smallest absolute Gasteiger partial charge is 0.262 e. The zero-order valence-corrected chi connectivity index (χ0v) is 17.2. The number of aromatic hydroxyl groups is 1. The zero-order valence-electron chi connectivity index (χ0n) is 17.2. The van der Waals surface area contributed by atoms with Gasteiger partial charge in [0.15, 0.2) is 11.5 Å². The summed E-state index contributed by atoms with van der Waals surface area (Å²) in [6, 6.07) is 18.8. The highest BCUT2D eigenvalue weighted by Gasteiger charge is 2.35. The summed E-state index contributed by atoms with van der Waals surface area (Å²) in [5, 5.41) is 13.8. The van der Waals surface area contributed by atoms with Crippen LogP contribution in [0.1, 0.15) is 34.6 Å². The van der Waals surface area contributed by atoms with Crippen molar-refractivity contribution in [1.29, 1.82) is 0 Å². The molecule has 2 N–H and O–H groups in total. The van der Waals surface area contributed by atoms with Crippen LogP contribution >= 0.6 is 0 Å². The number of amides is 1. The second-order valence-corrected chi connectivity index (χ2v) is 7.06. The lowest BCUT2D eigenvalue weighted by Crippen LogP contribution is -2.43. The van der Waals surface area contributed by atoms with E-state index in [1.54, 1.807) is 17.0 Å². The van der Waals surface area contributed by atoms with Gasteiger partial charge in [0.25, 0.3) is 5.91 Å². The fourth-order valence-corrected chi connectivity index (χ4v) is 3.72. The quantitative estimate of drug-likeness (QED) is 0.643. The number of fused-ring (bicyclic) bond motifs is 1. The van der Waals surface area contributed by atoms with Crippen LogP contribution in [0.3, 0.4) is 0 Å². The van der Waals surface area contributed by atoms with Gasteiger partial charge in [-0.15, -0.1) is 0 Å². The maximum atomic E-state index is 13.5. The SMILES string of the molecule is CCc1ccc(N2C(=O)c3ccccc3N[C@@H]2c2cc(OC)c(O)c(OC)c2)cc1. The van der Waals surface area contributed by atoms with E-state index in [1.165, 1.54) is 19.8 Å². The molecule has 0 saturated heterocycles. The van der Waals surface area contributed by atoms with Crippen molar-refractivity contribution in [3.63, 3.8) is 0 Å². The van der Waals surface area contributed by atoms with Crippen LogP contribution in [-0.2, 0) is 6.42 Å². The van der Waals surface area contributed by atoms with Gasteiger partial charge in [-0.05, 0) is 48.4 Å². The summed E-state index contributed by atoms with van der Waals surface area (Å²) in [5.74, 6) is 0.368. The normalized spacial score (nSPS) is 15.4. The average Bonchev–Trinajstić information content (AvgIpc) is 2.79. The predicted molar refractivity (Wildman–Crippen MR) is 117 cm³/mol. The number of carbonyl (C=O) groups is 1. The number of rotatable bonds is 5. The van der Waals surface area contributed by atoms with Gasteiger partial charge in [-0.1, -0.05) is 31.2 Å². The lowest BCUT2D eigenvalue weighted by Gasteiger charge is -2.38. The first-order valence-electron chi connectivity index (χ1n) is 9.80. The molecule has 0 spiro atoms. The Bertz CT molecular complexity index is 1050. The highest BCUT2D eigenvalue weighted by Crippen LogP contribution is 2.43. The number of nitrogens with zero attached hydrogens (tertiary/aromatic N) is 1. The summed E-state index contributed by atoms with van der Waals surface area (Å²) >= 11 is 0. The Balaban J connectivity index is 1.88. The number of ether oxygens (including phenoxy) is 2. The molecule has 0 unspecified atom stereocenters. The van der Waals surface area contributed by atoms with Crippen molar-refractivity contribution in [3.8, 4) is 17.2 Å². The Kier molecular flexibility index (Phi) is 5.23. The number of hydrogen-bond donors (Lipinski definition) is 2. The van der Waals surface area contributed by atoms with Gasteiger partial charge in [0.2, 0.25) is 5.75 Å². The lowest BCUT2D eigenvalue weighted by atomic mass is 10.0. The first kappa shape index (κ1) is 19.6. The van der Waals surface area contributed by atoms with E-state index >= 15 is 0 Å². The van der Waals surface area contributed by atoms with Crippen molar-refractivity contribution in [2.24, 2.45) is 0 Å². The van der Waals surface area contributed by atoms with Crippen LogP contribution < -0.4 is 19.7 Å². The van der Waals surface area contributed by atoms with Crippen molar-refractivity contribution >= 4 is 17.3 Å². The molecule has 0 saturated carbocycles. The molecule has 6 nitrogen and oxygen atoms in total. The molecule has 0 radical (unpaired) electrons. The molecule has 1 atom stereocenters. The molecule has 4 rings (SSSR count). The van der Waals surface area contributed by atoms with Crippen LogP contribution in [0, 0.1) is 0 Å². The molecule has 1 aliphatic heterocycles. The van der Waals surface area contributed by atoms with E-state index in [4.69, 9.17) is 9.47 Å². The van der Waals surface area contributed by atoms with Crippen molar-refractivity contribution in [1.82, 2.24) is 0 Å². The van der Waals surface area contributed by atoms with Crippen LogP contribution in [-0.4, -0.2) is 25.2 Å². The molecule has 1 aliphatic rings. The first-order chi connectivity index (χ1) is 14.6. The van der Waals surface area contributed by atoms with Crippen molar-refractivity contribution in [2.75, 3.05) is 24.4 Å². The summed E-state index contributed by atoms with van der Waals surface area (Å²) in [6.07, 6.45) is 0.411. The highest BCUT2D eigenvalue weighted by atomic mass is 16.5. The number of aryl methyl sites for hydroxylation is 1. The number of nitrogens with one attached hydrogen (secondary N) is 1. The zero-order chi connectivity index (χ0) is 21.3. The molecular weight excluding hydrogens is 380 g/mol. The third-order valence-electron chi connectivity index (χ3n) is 5.37. The summed E-state index contributed by atoms with van der Waals surface area (Å²) in [4.78, 5) is 15.2. The number of phenols is 1. The monoisotopic (exact) mass is 404 g/mol. The van der Waals surface area contributed by atoms with Gasteiger partial charge in [0.1, 0.15) is 6.17 Å². The van der Waals surface area contributed by atoms with Crippen LogP contribution in [0.15, 0.2) is 60.7 Å². The molecule has 3 aromatic carbocycles. The van der Waals surface area contributed by atoms with Crippen LogP contribution in [0.4, 0.5) is 11.4 Å². The van der Waals surface area contributed by atoms with Gasteiger partial charge in [0, 0.05) is 16.9 Å². The van der Waals surface area contributed by atoms with E-state index in [0.717, 1.165) is 23.4 Å². The minimum absolute atomic E-state index is 0.0786. The number of hydrogen-bond acceptors (Lipinski definition) is 5. The second kappa shape index (κ2) is 7.99. The summed E-state index contributed by atoms with van der Waals surface area (Å²) < 4.78 is 10.7. The Labute approximate surface area is 175 Å². The first-order valence-corrected chi connectivity index (χ1v) is 9.80. The number of phenolic OH excluding ortho intramolecular Hbond substituents is 1. The van der Waals surface area contributed by atoms with Crippen molar-refractivity contribution in [3.05, 3.63) is 77.4 Å². The third kappa shape index (κ3) is 3.30. The van der Waals surface area contributed by atoms with Crippen molar-refractivity contribution in [2.45, 2.75) is 19.5 Å². The van der Waals surface area contributed by atoms with Crippen LogP contribution in [0.5, 0.6) is 17.2 Å². The minimum Gasteiger partial charge on any atom is -0.502 e. The molecule has 0 bridgehead atoms. The van der Waals surface area contributed by atoms with E-state index in [-0.39, 0.29) is 23.2 Å². The molecule has 154 valence electrons. The molecular formula is C24H24N2O4. The van der Waals surface area contributed by atoms with E-state index < -0.39 is 6.17 Å². The Morgan fingerprint density at radius 1 is 1.00 bits per heavy atom. The fraction of sp³-hybridized carbons (Fsp3) is 0.208. The molecule has 1 heterocycles. The van der Waals surface area contributed by atoms with Gasteiger partial charge < -0.3 is 19.9 Å². The molecule has 3 aromatic rings. The third-order valence-corrected chi connectivity index (χ3v) is 5.37. The van der Waals surface area contributed by atoms with Gasteiger partial charge in [-0.25, -0.2) is 0 Å². The molecule has 6 heteroatoms. The number of carbonyl (C=O) groups excluding carboxylic acids is 1. The lowest BCUT2D eigenvalue weighted by molar-refractivity contribution is 0.0975. The van der Waals surface area contributed by atoms with E-state index in [9.17, 15) is 9.90 Å². The number of benzene rings is 3. The Morgan fingerprint density at radius 2 is 1.63 bits per heavy atom. The van der Waals surface area contributed by atoms with Crippen LogP contribution in [0.2, 0.25) is 0 Å². The molecule has 0 fully saturated rings. The van der Waals surface area contributed by atoms with Gasteiger partial charge >= 0.3 is 0 Å². The molecule has 1 amide bonds. The van der Waals surface area contributed by atoms with E-state index in [0.29, 0.717) is 5.56 Å². The molecule has 0 aliphatic carbocycles. The van der Waals surface area contributed by atoms with Gasteiger partial charge in [-0.3, -0.25) is 9.69 Å².